The molecule has 0 aromatic heterocycles. The van der Waals surface area contributed by atoms with Gasteiger partial charge >= 0.3 is 5.97 Å². The fourth-order valence-corrected chi connectivity index (χ4v) is 3.26. The van der Waals surface area contributed by atoms with Crippen LogP contribution in [-0.4, -0.2) is 30.1 Å². The fourth-order valence-electron chi connectivity index (χ4n) is 3.26. The zero-order valence-electron chi connectivity index (χ0n) is 13.7. The molecule has 1 amide bonds. The zero-order valence-corrected chi connectivity index (χ0v) is 13.7. The molecule has 0 bridgehead atoms. The number of rotatable bonds is 7. The van der Waals surface area contributed by atoms with Gasteiger partial charge in [0.15, 0.2) is 0 Å². The molecule has 1 aromatic rings. The standard InChI is InChI=1S/C18H25NO4/c1-12(9-13-5-3-4-6-16(13)23-2)10-17(20)19-15-8-7-14(11-15)18(21)22/h3-6,12,14-15H,7-11H2,1-2H3,(H,19,20)(H,21,22)/t12?,14-,15+/m1/s1. The summed E-state index contributed by atoms with van der Waals surface area (Å²) in [5.74, 6) is -0.0242. The summed E-state index contributed by atoms with van der Waals surface area (Å²) in [6, 6.07) is 7.84. The van der Waals surface area contributed by atoms with Crippen molar-refractivity contribution in [2.24, 2.45) is 11.8 Å². The summed E-state index contributed by atoms with van der Waals surface area (Å²) in [5, 5.41) is 12.0. The summed E-state index contributed by atoms with van der Waals surface area (Å²) in [6.07, 6.45) is 3.16. The highest BCUT2D eigenvalue weighted by molar-refractivity contribution is 5.77. The van der Waals surface area contributed by atoms with E-state index in [9.17, 15) is 9.59 Å². The first-order valence-corrected chi connectivity index (χ1v) is 8.13. The van der Waals surface area contributed by atoms with Crippen molar-refractivity contribution in [1.29, 1.82) is 0 Å². The van der Waals surface area contributed by atoms with Crippen LogP contribution in [0.1, 0.15) is 38.2 Å². The van der Waals surface area contributed by atoms with Crippen LogP contribution >= 0.6 is 0 Å². The highest BCUT2D eigenvalue weighted by Gasteiger charge is 2.30. The summed E-state index contributed by atoms with van der Waals surface area (Å²) in [6.45, 7) is 2.04. The van der Waals surface area contributed by atoms with E-state index in [1.54, 1.807) is 7.11 Å². The maximum absolute atomic E-state index is 12.1. The van der Waals surface area contributed by atoms with Crippen LogP contribution in [0, 0.1) is 11.8 Å². The number of ether oxygens (including phenoxy) is 1. The van der Waals surface area contributed by atoms with Gasteiger partial charge in [-0.2, -0.15) is 0 Å². The summed E-state index contributed by atoms with van der Waals surface area (Å²) in [4.78, 5) is 23.1. The van der Waals surface area contributed by atoms with Crippen molar-refractivity contribution in [2.45, 2.75) is 45.1 Å². The number of hydrogen-bond donors (Lipinski definition) is 2. The van der Waals surface area contributed by atoms with Gasteiger partial charge in [0.25, 0.3) is 0 Å². The van der Waals surface area contributed by atoms with Gasteiger partial charge in [0.2, 0.25) is 5.91 Å². The van der Waals surface area contributed by atoms with E-state index in [1.807, 2.05) is 31.2 Å². The van der Waals surface area contributed by atoms with E-state index in [4.69, 9.17) is 9.84 Å². The third-order valence-electron chi connectivity index (χ3n) is 4.44. The van der Waals surface area contributed by atoms with E-state index in [0.717, 1.165) is 24.2 Å². The van der Waals surface area contributed by atoms with Crippen molar-refractivity contribution < 1.29 is 19.4 Å². The number of carboxylic acid groups (broad SMARTS) is 1. The van der Waals surface area contributed by atoms with E-state index in [0.29, 0.717) is 19.3 Å². The summed E-state index contributed by atoms with van der Waals surface area (Å²) in [5.41, 5.74) is 1.10. The maximum atomic E-state index is 12.1. The van der Waals surface area contributed by atoms with Crippen LogP contribution in [-0.2, 0) is 16.0 Å². The van der Waals surface area contributed by atoms with Gasteiger partial charge in [-0.25, -0.2) is 0 Å². The van der Waals surface area contributed by atoms with Gasteiger partial charge < -0.3 is 15.2 Å². The normalized spacial score (nSPS) is 21.7. The number of nitrogens with one attached hydrogen (secondary N) is 1. The SMILES string of the molecule is COc1ccccc1CC(C)CC(=O)N[C@H]1CC[C@@H](C(=O)O)C1. The molecular weight excluding hydrogens is 294 g/mol. The zero-order chi connectivity index (χ0) is 16.8. The largest absolute Gasteiger partial charge is 0.496 e. The molecule has 1 unspecified atom stereocenters. The number of hydrogen-bond acceptors (Lipinski definition) is 3. The number of aliphatic carboxylic acids is 1. The van der Waals surface area contributed by atoms with Crippen LogP contribution in [0.4, 0.5) is 0 Å². The third-order valence-corrected chi connectivity index (χ3v) is 4.44. The van der Waals surface area contributed by atoms with E-state index in [1.165, 1.54) is 0 Å². The predicted molar refractivity (Wildman–Crippen MR) is 87.4 cm³/mol. The summed E-state index contributed by atoms with van der Waals surface area (Å²) >= 11 is 0. The molecule has 3 atom stereocenters. The Morgan fingerprint density at radius 2 is 2.09 bits per heavy atom. The molecule has 0 radical (unpaired) electrons. The van der Waals surface area contributed by atoms with Crippen molar-refractivity contribution in [2.75, 3.05) is 7.11 Å². The lowest BCUT2D eigenvalue weighted by Gasteiger charge is -2.16. The molecule has 5 nitrogen and oxygen atoms in total. The highest BCUT2D eigenvalue weighted by Crippen LogP contribution is 2.26. The average molecular weight is 319 g/mol. The number of carbonyl (C=O) groups excluding carboxylic acids is 1. The number of amides is 1. The summed E-state index contributed by atoms with van der Waals surface area (Å²) in [7, 11) is 1.65. The van der Waals surface area contributed by atoms with Crippen molar-refractivity contribution in [3.63, 3.8) is 0 Å². The fraction of sp³-hybridized carbons (Fsp3) is 0.556. The number of carboxylic acids is 1. The first-order valence-electron chi connectivity index (χ1n) is 8.13. The second-order valence-corrected chi connectivity index (χ2v) is 6.44. The van der Waals surface area contributed by atoms with Crippen LogP contribution < -0.4 is 10.1 Å². The maximum Gasteiger partial charge on any atom is 0.306 e. The van der Waals surface area contributed by atoms with E-state index < -0.39 is 5.97 Å². The van der Waals surface area contributed by atoms with Gasteiger partial charge in [0.1, 0.15) is 5.75 Å². The average Bonchev–Trinajstić information content (AvgIpc) is 2.96. The Balaban J connectivity index is 1.80. The van der Waals surface area contributed by atoms with Crippen LogP contribution in [0.3, 0.4) is 0 Å². The van der Waals surface area contributed by atoms with Crippen LogP contribution in [0.5, 0.6) is 5.75 Å². The third kappa shape index (κ3) is 4.98. The van der Waals surface area contributed by atoms with Gasteiger partial charge in [0.05, 0.1) is 13.0 Å². The van der Waals surface area contributed by atoms with Crippen LogP contribution in [0.15, 0.2) is 24.3 Å². The van der Waals surface area contributed by atoms with Crippen LogP contribution in [0.2, 0.25) is 0 Å². The van der Waals surface area contributed by atoms with E-state index in [-0.39, 0.29) is 23.8 Å². The molecule has 2 N–H and O–H groups in total. The molecule has 126 valence electrons. The summed E-state index contributed by atoms with van der Waals surface area (Å²) < 4.78 is 5.34. The number of benzene rings is 1. The molecule has 0 saturated heterocycles. The molecule has 0 heterocycles. The molecule has 23 heavy (non-hydrogen) atoms. The lowest BCUT2D eigenvalue weighted by Crippen LogP contribution is -2.34. The molecular formula is C18H25NO4. The van der Waals surface area contributed by atoms with Crippen molar-refractivity contribution in [1.82, 2.24) is 5.32 Å². The Bertz CT molecular complexity index is 558. The Kier molecular flexibility index (Phi) is 6.02. The molecule has 5 heteroatoms. The molecule has 1 aliphatic carbocycles. The van der Waals surface area contributed by atoms with Gasteiger partial charge in [-0.15, -0.1) is 0 Å². The Labute approximate surface area is 137 Å². The molecule has 0 spiro atoms. The second kappa shape index (κ2) is 7.99. The van der Waals surface area contributed by atoms with Crippen LogP contribution in [0.25, 0.3) is 0 Å². The Morgan fingerprint density at radius 1 is 1.35 bits per heavy atom. The predicted octanol–water partition coefficient (Wildman–Crippen LogP) is 2.63. The molecule has 1 aromatic carbocycles. The minimum Gasteiger partial charge on any atom is -0.496 e. The molecule has 2 rings (SSSR count). The van der Waals surface area contributed by atoms with Crippen molar-refractivity contribution in [3.05, 3.63) is 29.8 Å². The highest BCUT2D eigenvalue weighted by atomic mass is 16.5. The monoisotopic (exact) mass is 319 g/mol. The minimum absolute atomic E-state index is 0.00191. The van der Waals surface area contributed by atoms with Gasteiger partial charge in [-0.3, -0.25) is 9.59 Å². The quantitative estimate of drug-likeness (QED) is 0.810. The van der Waals surface area contributed by atoms with Gasteiger partial charge in [-0.1, -0.05) is 25.1 Å². The first-order chi connectivity index (χ1) is 11.0. The minimum atomic E-state index is -0.758. The smallest absolute Gasteiger partial charge is 0.306 e. The molecule has 1 saturated carbocycles. The molecule has 0 aliphatic heterocycles. The van der Waals surface area contributed by atoms with E-state index >= 15 is 0 Å². The Hall–Kier alpha value is -2.04. The number of carbonyl (C=O) groups is 2. The second-order valence-electron chi connectivity index (χ2n) is 6.44. The lowest BCUT2D eigenvalue weighted by atomic mass is 9.97. The Morgan fingerprint density at radius 3 is 2.74 bits per heavy atom. The van der Waals surface area contributed by atoms with E-state index in [2.05, 4.69) is 5.32 Å². The molecule has 1 aliphatic rings. The lowest BCUT2D eigenvalue weighted by molar-refractivity contribution is -0.141. The van der Waals surface area contributed by atoms with Gasteiger partial charge in [-0.05, 0) is 43.2 Å². The molecule has 1 fully saturated rings. The topological polar surface area (TPSA) is 75.6 Å². The number of para-hydroxylation sites is 1. The van der Waals surface area contributed by atoms with Gasteiger partial charge in [0, 0.05) is 12.5 Å². The number of methoxy groups -OCH3 is 1. The first kappa shape index (κ1) is 17.3. The van der Waals surface area contributed by atoms with Crippen molar-refractivity contribution in [3.8, 4) is 5.75 Å². The van der Waals surface area contributed by atoms with Crippen molar-refractivity contribution >= 4 is 11.9 Å².